The van der Waals surface area contributed by atoms with E-state index in [0.717, 1.165) is 12.1 Å². The molecule has 0 heterocycles. The number of carboxylic acid groups (broad SMARTS) is 1. The number of hydrogen-bond acceptors (Lipinski definition) is 3. The van der Waals surface area contributed by atoms with E-state index >= 15 is 0 Å². The Kier molecular flexibility index (Phi) is 4.50. The second-order valence-corrected chi connectivity index (χ2v) is 5.16. The van der Waals surface area contributed by atoms with Crippen LogP contribution in [-0.4, -0.2) is 23.5 Å². The van der Waals surface area contributed by atoms with Crippen LogP contribution in [0.1, 0.15) is 29.8 Å². The van der Waals surface area contributed by atoms with Crippen LogP contribution in [0.4, 0.5) is 18.9 Å². The molecule has 0 aliphatic rings. The van der Waals surface area contributed by atoms with E-state index < -0.39 is 29.0 Å². The molecule has 0 radical (unpaired) electrons. The molecule has 1 amide bonds. The Labute approximate surface area is 118 Å². The van der Waals surface area contributed by atoms with Gasteiger partial charge >= 0.3 is 12.1 Å². The molecule has 4 N–H and O–H groups in total. The van der Waals surface area contributed by atoms with Crippen molar-refractivity contribution >= 4 is 17.6 Å². The van der Waals surface area contributed by atoms with Crippen LogP contribution in [0.2, 0.25) is 0 Å². The Bertz CT molecular complexity index is 568. The van der Waals surface area contributed by atoms with E-state index in [0.29, 0.717) is 6.07 Å². The third-order valence-electron chi connectivity index (χ3n) is 2.91. The predicted molar refractivity (Wildman–Crippen MR) is 69.9 cm³/mol. The van der Waals surface area contributed by atoms with E-state index in [2.05, 4.69) is 5.32 Å². The number of nitrogens with one attached hydrogen (secondary N) is 1. The lowest BCUT2D eigenvalue weighted by Gasteiger charge is -2.21. The van der Waals surface area contributed by atoms with Crippen molar-refractivity contribution < 1.29 is 27.9 Å². The number of rotatable bonds is 5. The number of hydrogen-bond donors (Lipinski definition) is 3. The summed E-state index contributed by atoms with van der Waals surface area (Å²) in [6.07, 6.45) is -4.59. The van der Waals surface area contributed by atoms with Crippen LogP contribution in [0, 0.1) is 5.41 Å². The van der Waals surface area contributed by atoms with Crippen LogP contribution in [-0.2, 0) is 11.0 Å². The quantitative estimate of drug-likeness (QED) is 0.778. The largest absolute Gasteiger partial charge is 0.481 e. The standard InChI is InChI=1S/C13H15F3N2O3/c1-12(2,11(20)21)6-18-9-4-3-7(13(14,15)16)5-8(9)10(17)19/h3-5,18H,6H2,1-2H3,(H2,17,19)(H,20,21). The van der Waals surface area contributed by atoms with Crippen LogP contribution in [0.25, 0.3) is 0 Å². The maximum Gasteiger partial charge on any atom is 0.416 e. The first-order valence-electron chi connectivity index (χ1n) is 5.93. The zero-order valence-corrected chi connectivity index (χ0v) is 11.4. The van der Waals surface area contributed by atoms with Gasteiger partial charge in [0.25, 0.3) is 5.91 Å². The molecular formula is C13H15F3N2O3. The second-order valence-electron chi connectivity index (χ2n) is 5.16. The monoisotopic (exact) mass is 304 g/mol. The first kappa shape index (κ1) is 16.8. The molecule has 0 aliphatic carbocycles. The van der Waals surface area contributed by atoms with Gasteiger partial charge in [-0.05, 0) is 32.0 Å². The molecule has 0 aliphatic heterocycles. The highest BCUT2D eigenvalue weighted by atomic mass is 19.4. The summed E-state index contributed by atoms with van der Waals surface area (Å²) in [4.78, 5) is 22.2. The molecule has 0 atom stereocenters. The third-order valence-corrected chi connectivity index (χ3v) is 2.91. The average Bonchev–Trinajstić information content (AvgIpc) is 2.34. The molecule has 1 aromatic rings. The number of aliphatic carboxylic acids is 1. The first-order chi connectivity index (χ1) is 9.45. The Balaban J connectivity index is 3.09. The van der Waals surface area contributed by atoms with E-state index in [-0.39, 0.29) is 17.8 Å². The number of benzene rings is 1. The molecule has 116 valence electrons. The minimum Gasteiger partial charge on any atom is -0.481 e. The molecule has 21 heavy (non-hydrogen) atoms. The Hall–Kier alpha value is -2.25. The predicted octanol–water partition coefficient (Wildman–Crippen LogP) is 2.33. The molecule has 1 rings (SSSR count). The van der Waals surface area contributed by atoms with Gasteiger partial charge in [0.2, 0.25) is 0 Å². The van der Waals surface area contributed by atoms with E-state index in [1.807, 2.05) is 0 Å². The van der Waals surface area contributed by atoms with E-state index in [1.54, 1.807) is 0 Å². The van der Waals surface area contributed by atoms with Gasteiger partial charge in [-0.2, -0.15) is 13.2 Å². The van der Waals surface area contributed by atoms with Gasteiger partial charge in [0.1, 0.15) is 0 Å². The number of amides is 1. The maximum atomic E-state index is 12.6. The van der Waals surface area contributed by atoms with Gasteiger partial charge in [0.05, 0.1) is 16.5 Å². The molecule has 8 heteroatoms. The summed E-state index contributed by atoms with van der Waals surface area (Å²) in [5.74, 6) is -2.11. The fraction of sp³-hybridized carbons (Fsp3) is 0.385. The van der Waals surface area contributed by atoms with Gasteiger partial charge in [-0.1, -0.05) is 0 Å². The molecule has 0 spiro atoms. The van der Waals surface area contributed by atoms with Gasteiger partial charge in [-0.25, -0.2) is 0 Å². The molecule has 1 aromatic carbocycles. The molecule has 5 nitrogen and oxygen atoms in total. The smallest absolute Gasteiger partial charge is 0.416 e. The number of carbonyl (C=O) groups excluding carboxylic acids is 1. The minimum atomic E-state index is -4.59. The number of anilines is 1. The van der Waals surface area contributed by atoms with Crippen molar-refractivity contribution in [2.45, 2.75) is 20.0 Å². The first-order valence-corrected chi connectivity index (χ1v) is 5.93. The highest BCUT2D eigenvalue weighted by Crippen LogP contribution is 2.32. The van der Waals surface area contributed by atoms with Crippen LogP contribution in [0.5, 0.6) is 0 Å². The van der Waals surface area contributed by atoms with E-state index in [1.165, 1.54) is 13.8 Å². The van der Waals surface area contributed by atoms with Gasteiger partial charge in [0, 0.05) is 12.2 Å². The minimum absolute atomic E-state index is 0.0600. The summed E-state index contributed by atoms with van der Waals surface area (Å²) in [7, 11) is 0. The normalized spacial score (nSPS) is 12.0. The second kappa shape index (κ2) is 5.63. The molecule has 0 saturated heterocycles. The number of halogens is 3. The molecule has 0 aromatic heterocycles. The Morgan fingerprint density at radius 3 is 2.29 bits per heavy atom. The molecule has 0 saturated carbocycles. The molecule has 0 unspecified atom stereocenters. The lowest BCUT2D eigenvalue weighted by Crippen LogP contribution is -2.32. The fourth-order valence-corrected chi connectivity index (χ4v) is 1.47. The van der Waals surface area contributed by atoms with Gasteiger partial charge in [-0.15, -0.1) is 0 Å². The molecule has 0 bridgehead atoms. The van der Waals surface area contributed by atoms with Crippen LogP contribution in [0.3, 0.4) is 0 Å². The van der Waals surface area contributed by atoms with Crippen molar-refractivity contribution in [3.63, 3.8) is 0 Å². The topological polar surface area (TPSA) is 92.4 Å². The summed E-state index contributed by atoms with van der Waals surface area (Å²) in [5.41, 5.74) is 2.63. The molecule has 0 fully saturated rings. The third kappa shape index (κ3) is 4.11. The lowest BCUT2D eigenvalue weighted by atomic mass is 9.93. The summed E-state index contributed by atoms with van der Waals surface area (Å²) in [6.45, 7) is 2.81. The van der Waals surface area contributed by atoms with Crippen molar-refractivity contribution in [2.24, 2.45) is 11.1 Å². The van der Waals surface area contributed by atoms with Crippen LogP contribution in [0.15, 0.2) is 18.2 Å². The Morgan fingerprint density at radius 1 is 1.29 bits per heavy atom. The number of primary amides is 1. The maximum absolute atomic E-state index is 12.6. The van der Waals surface area contributed by atoms with Crippen molar-refractivity contribution in [1.82, 2.24) is 0 Å². The van der Waals surface area contributed by atoms with E-state index in [9.17, 15) is 22.8 Å². The van der Waals surface area contributed by atoms with Crippen molar-refractivity contribution in [3.05, 3.63) is 29.3 Å². The van der Waals surface area contributed by atoms with Gasteiger partial charge < -0.3 is 16.2 Å². The highest BCUT2D eigenvalue weighted by molar-refractivity contribution is 5.98. The SMILES string of the molecule is CC(C)(CNc1ccc(C(F)(F)F)cc1C(N)=O)C(=O)O. The van der Waals surface area contributed by atoms with E-state index in [4.69, 9.17) is 10.8 Å². The summed E-state index contributed by atoms with van der Waals surface area (Å²) in [5, 5.41) is 11.6. The zero-order valence-electron chi connectivity index (χ0n) is 11.4. The number of carbonyl (C=O) groups is 2. The zero-order chi connectivity index (χ0) is 16.4. The molecular weight excluding hydrogens is 289 g/mol. The van der Waals surface area contributed by atoms with Crippen LogP contribution >= 0.6 is 0 Å². The van der Waals surface area contributed by atoms with Crippen molar-refractivity contribution in [2.75, 3.05) is 11.9 Å². The summed E-state index contributed by atoms with van der Waals surface area (Å²) < 4.78 is 37.8. The summed E-state index contributed by atoms with van der Waals surface area (Å²) in [6, 6.07) is 2.49. The van der Waals surface area contributed by atoms with Gasteiger partial charge in [0.15, 0.2) is 0 Å². The average molecular weight is 304 g/mol. The number of carboxylic acids is 1. The van der Waals surface area contributed by atoms with Gasteiger partial charge in [-0.3, -0.25) is 9.59 Å². The highest BCUT2D eigenvalue weighted by Gasteiger charge is 2.32. The van der Waals surface area contributed by atoms with Crippen molar-refractivity contribution in [1.29, 1.82) is 0 Å². The number of nitrogens with two attached hydrogens (primary N) is 1. The van der Waals surface area contributed by atoms with Crippen molar-refractivity contribution in [3.8, 4) is 0 Å². The Morgan fingerprint density at radius 2 is 1.86 bits per heavy atom. The lowest BCUT2D eigenvalue weighted by molar-refractivity contribution is -0.146. The number of alkyl halides is 3. The van der Waals surface area contributed by atoms with Crippen LogP contribution < -0.4 is 11.1 Å². The fourth-order valence-electron chi connectivity index (χ4n) is 1.47. The summed E-state index contributed by atoms with van der Waals surface area (Å²) >= 11 is 0.